The molecule has 7 heteroatoms. The van der Waals surface area contributed by atoms with Gasteiger partial charge in [0.05, 0.1) is 5.56 Å². The van der Waals surface area contributed by atoms with Crippen molar-refractivity contribution in [3.8, 4) is 5.75 Å². The van der Waals surface area contributed by atoms with Gasteiger partial charge in [-0.1, -0.05) is 59.1 Å². The third-order valence-corrected chi connectivity index (χ3v) is 9.95. The summed E-state index contributed by atoms with van der Waals surface area (Å²) in [5.74, 6) is -4.59. The molecule has 4 aliphatic carbocycles. The highest BCUT2D eigenvalue weighted by atomic mass is 16.3. The number of phenolic OH excluding ortho intramolecular Hbond substituents is 1. The number of phenols is 1. The molecule has 0 saturated heterocycles. The van der Waals surface area contributed by atoms with E-state index in [-0.39, 0.29) is 40.9 Å². The van der Waals surface area contributed by atoms with E-state index in [1.807, 2.05) is 32.9 Å². The fourth-order valence-corrected chi connectivity index (χ4v) is 8.48. The quantitative estimate of drug-likeness (QED) is 0.391. The van der Waals surface area contributed by atoms with Crippen LogP contribution in [-0.2, 0) is 16.0 Å². The number of aliphatic hydroxyl groups excluding tert-OH is 2. The van der Waals surface area contributed by atoms with E-state index < -0.39 is 51.0 Å². The van der Waals surface area contributed by atoms with E-state index >= 15 is 0 Å². The van der Waals surface area contributed by atoms with Crippen molar-refractivity contribution in [1.82, 2.24) is 0 Å². The van der Waals surface area contributed by atoms with Crippen molar-refractivity contribution in [2.24, 2.45) is 22.7 Å². The molecule has 1 fully saturated rings. The zero-order valence-corrected chi connectivity index (χ0v) is 22.9. The third kappa shape index (κ3) is 3.26. The van der Waals surface area contributed by atoms with Crippen molar-refractivity contribution >= 4 is 17.3 Å². The summed E-state index contributed by atoms with van der Waals surface area (Å²) in [5.41, 5.74) is -4.08. The van der Waals surface area contributed by atoms with Crippen LogP contribution in [-0.4, -0.2) is 43.4 Å². The second kappa shape index (κ2) is 8.54. The van der Waals surface area contributed by atoms with E-state index in [1.54, 1.807) is 6.92 Å². The Bertz CT molecular complexity index is 1330. The fraction of sp³-hybridized carbons (Fsp3) is 0.581. The van der Waals surface area contributed by atoms with Crippen molar-refractivity contribution in [2.45, 2.75) is 91.1 Å². The van der Waals surface area contributed by atoms with Crippen LogP contribution in [0.2, 0.25) is 0 Å². The van der Waals surface area contributed by atoms with Crippen LogP contribution in [0, 0.1) is 22.7 Å². The molecule has 0 bridgehead atoms. The van der Waals surface area contributed by atoms with E-state index in [4.69, 9.17) is 0 Å². The lowest BCUT2D eigenvalue weighted by atomic mass is 9.44. The maximum Gasteiger partial charge on any atom is 0.209 e. The predicted molar refractivity (Wildman–Crippen MR) is 141 cm³/mol. The molecule has 0 heterocycles. The van der Waals surface area contributed by atoms with E-state index in [0.29, 0.717) is 12.0 Å². The molecule has 0 spiro atoms. The number of rotatable bonds is 3. The summed E-state index contributed by atoms with van der Waals surface area (Å²) in [7, 11) is 0. The van der Waals surface area contributed by atoms with Crippen molar-refractivity contribution in [2.75, 3.05) is 0 Å². The summed E-state index contributed by atoms with van der Waals surface area (Å²) >= 11 is 0. The van der Waals surface area contributed by atoms with Gasteiger partial charge in [-0.3, -0.25) is 14.4 Å². The number of allylic oxidation sites excluding steroid dienone is 2. The first-order valence-electron chi connectivity index (χ1n) is 13.8. The van der Waals surface area contributed by atoms with Crippen LogP contribution < -0.4 is 0 Å². The number of hydrogen-bond acceptors (Lipinski definition) is 7. The largest absolute Gasteiger partial charge is 0.511 e. The number of aliphatic hydroxyl groups is 3. The Labute approximate surface area is 223 Å². The van der Waals surface area contributed by atoms with Crippen LogP contribution >= 0.6 is 0 Å². The Hall–Kier alpha value is -2.93. The summed E-state index contributed by atoms with van der Waals surface area (Å²) in [4.78, 5) is 40.3. The van der Waals surface area contributed by atoms with Crippen LogP contribution in [0.3, 0.4) is 0 Å². The minimum Gasteiger partial charge on any atom is -0.511 e. The van der Waals surface area contributed by atoms with Crippen LogP contribution in [0.25, 0.3) is 0 Å². The lowest BCUT2D eigenvalue weighted by Crippen LogP contribution is -2.67. The summed E-state index contributed by atoms with van der Waals surface area (Å²) in [6.45, 7) is 8.25. The highest BCUT2D eigenvalue weighted by Crippen LogP contribution is 2.65. The fourth-order valence-electron chi connectivity index (χ4n) is 8.48. The predicted octanol–water partition coefficient (Wildman–Crippen LogP) is 5.39. The first-order chi connectivity index (χ1) is 17.7. The van der Waals surface area contributed by atoms with Crippen molar-refractivity contribution in [1.29, 1.82) is 0 Å². The van der Waals surface area contributed by atoms with Gasteiger partial charge in [0.25, 0.3) is 0 Å². The average Bonchev–Trinajstić information content (AvgIpc) is 2.81. The van der Waals surface area contributed by atoms with Crippen molar-refractivity contribution < 1.29 is 34.8 Å². The second-order valence-electron chi connectivity index (χ2n) is 12.8. The number of Topliss-reactive ketones (excluding diaryl/α,β-unsaturated/α-hetero) is 3. The Morgan fingerprint density at radius 3 is 2.24 bits per heavy atom. The highest BCUT2D eigenvalue weighted by molar-refractivity contribution is 6.25. The van der Waals surface area contributed by atoms with Gasteiger partial charge in [-0.2, -0.15) is 0 Å². The Balaban J connectivity index is 1.74. The van der Waals surface area contributed by atoms with Gasteiger partial charge < -0.3 is 20.4 Å². The smallest absolute Gasteiger partial charge is 0.209 e. The molecule has 0 amide bonds. The summed E-state index contributed by atoms with van der Waals surface area (Å²) < 4.78 is 0. The van der Waals surface area contributed by atoms with Gasteiger partial charge in [0, 0.05) is 22.3 Å². The van der Waals surface area contributed by atoms with E-state index in [1.165, 1.54) is 0 Å². The standard InChI is InChI=1S/C31H38O7/c1-15(2)22-25(34)20(16(3)32)27(36)31(38)28(37)23-26(35)21-18(13-29(23,4)14-30(22,31)5)11-12-19(24(21)33)17-9-7-6-8-10-17/h11-12,15,17,22,33-34,37-38H,6-10,13-14H2,1-5H3/t22?,29-,30-,31+/m1/s1. The minimum absolute atomic E-state index is 0.0842. The summed E-state index contributed by atoms with van der Waals surface area (Å²) in [6.07, 6.45) is 5.54. The zero-order chi connectivity index (χ0) is 27.9. The van der Waals surface area contributed by atoms with Crippen molar-refractivity contribution in [3.63, 3.8) is 0 Å². The number of carbonyl (C=O) groups is 3. The molecule has 4 aliphatic rings. The zero-order valence-electron chi connectivity index (χ0n) is 22.9. The van der Waals surface area contributed by atoms with Gasteiger partial charge in [-0.15, -0.1) is 0 Å². The van der Waals surface area contributed by atoms with Crippen LogP contribution in [0.5, 0.6) is 5.75 Å². The Kier molecular flexibility index (Phi) is 5.99. The first-order valence-corrected chi connectivity index (χ1v) is 13.8. The van der Waals surface area contributed by atoms with Gasteiger partial charge in [-0.05, 0) is 55.6 Å². The van der Waals surface area contributed by atoms with Crippen LogP contribution in [0.4, 0.5) is 0 Å². The number of hydrogen-bond donors (Lipinski definition) is 4. The lowest BCUT2D eigenvalue weighted by Gasteiger charge is -2.59. The van der Waals surface area contributed by atoms with E-state index in [2.05, 4.69) is 0 Å². The van der Waals surface area contributed by atoms with Gasteiger partial charge in [0.1, 0.15) is 22.8 Å². The number of aromatic hydroxyl groups is 1. The number of carbonyl (C=O) groups excluding carboxylic acids is 3. The molecule has 7 nitrogen and oxygen atoms in total. The molecule has 1 saturated carbocycles. The maximum absolute atomic E-state index is 14.1. The SMILES string of the molecule is CC(=O)C1=C(O)C(C(C)C)[C@@]2(C)C[C@@]3(C)Cc4ccc(C5CCCCC5)c(O)c4C(=O)C3=C(O)[C@@]2(O)C1=O. The second-order valence-corrected chi connectivity index (χ2v) is 12.8. The highest BCUT2D eigenvalue weighted by Gasteiger charge is 2.71. The average molecular weight is 523 g/mol. The number of fused-ring (bicyclic) bond motifs is 3. The molecule has 5 rings (SSSR count). The molecule has 0 aromatic heterocycles. The molecule has 0 aliphatic heterocycles. The molecule has 38 heavy (non-hydrogen) atoms. The maximum atomic E-state index is 14.1. The van der Waals surface area contributed by atoms with Gasteiger partial charge in [-0.25, -0.2) is 0 Å². The normalized spacial score (nSPS) is 33.8. The molecular weight excluding hydrogens is 484 g/mol. The monoisotopic (exact) mass is 522 g/mol. The summed E-state index contributed by atoms with van der Waals surface area (Å²) in [6, 6.07) is 3.79. The molecule has 1 unspecified atom stereocenters. The Morgan fingerprint density at radius 1 is 1.03 bits per heavy atom. The third-order valence-electron chi connectivity index (χ3n) is 9.95. The molecular formula is C31H38O7. The molecule has 204 valence electrons. The minimum atomic E-state index is -2.58. The van der Waals surface area contributed by atoms with Crippen LogP contribution in [0.15, 0.2) is 34.8 Å². The molecule has 1 aromatic rings. The molecule has 4 atom stereocenters. The molecule has 4 N–H and O–H groups in total. The van der Waals surface area contributed by atoms with Gasteiger partial charge in [0.2, 0.25) is 5.78 Å². The topological polar surface area (TPSA) is 132 Å². The van der Waals surface area contributed by atoms with Crippen molar-refractivity contribution in [3.05, 3.63) is 51.5 Å². The number of ketones is 3. The van der Waals surface area contributed by atoms with E-state index in [0.717, 1.165) is 44.6 Å². The van der Waals surface area contributed by atoms with Gasteiger partial charge in [0.15, 0.2) is 17.2 Å². The van der Waals surface area contributed by atoms with Crippen LogP contribution in [0.1, 0.15) is 101 Å². The molecule has 0 radical (unpaired) electrons. The lowest BCUT2D eigenvalue weighted by molar-refractivity contribution is -0.171. The summed E-state index contributed by atoms with van der Waals surface area (Å²) in [5, 5.41) is 46.4. The van der Waals surface area contributed by atoms with Gasteiger partial charge >= 0.3 is 0 Å². The number of benzene rings is 1. The van der Waals surface area contributed by atoms with E-state index in [9.17, 15) is 34.8 Å². The molecule has 1 aromatic carbocycles. The first kappa shape index (κ1) is 26.7. The Morgan fingerprint density at radius 2 is 1.66 bits per heavy atom.